The number of carbonyl (C=O) groups excluding carboxylic acids is 2. The van der Waals surface area contributed by atoms with Crippen molar-refractivity contribution < 1.29 is 18.7 Å². The maximum absolute atomic E-state index is 13.5. The molecule has 0 fully saturated rings. The summed E-state index contributed by atoms with van der Waals surface area (Å²) in [4.78, 5) is 27.8. The third-order valence-electron chi connectivity index (χ3n) is 6.52. The zero-order valence-corrected chi connectivity index (χ0v) is 20.3. The number of nitrogens with one attached hydrogen (secondary N) is 1. The maximum Gasteiger partial charge on any atom is 0.258 e. The average molecular weight is 495 g/mol. The summed E-state index contributed by atoms with van der Waals surface area (Å²) in [6.45, 7) is 0.744. The molecule has 0 saturated heterocycles. The molecule has 1 aliphatic heterocycles. The van der Waals surface area contributed by atoms with Crippen LogP contribution < -0.4 is 10.1 Å². The van der Waals surface area contributed by atoms with E-state index in [4.69, 9.17) is 4.74 Å². The molecular formula is C31H27FN2O3. The van der Waals surface area contributed by atoms with E-state index in [0.29, 0.717) is 24.4 Å². The van der Waals surface area contributed by atoms with Crippen molar-refractivity contribution in [2.45, 2.75) is 19.0 Å². The van der Waals surface area contributed by atoms with Gasteiger partial charge in [0.2, 0.25) is 0 Å². The molecule has 2 amide bonds. The lowest BCUT2D eigenvalue weighted by Crippen LogP contribution is -2.40. The van der Waals surface area contributed by atoms with Gasteiger partial charge < -0.3 is 15.0 Å². The summed E-state index contributed by atoms with van der Waals surface area (Å²) in [5, 5.41) is 2.79. The minimum atomic E-state index is -0.316. The second-order valence-electron chi connectivity index (χ2n) is 8.98. The molecular weight excluding hydrogens is 467 g/mol. The zero-order chi connectivity index (χ0) is 25.6. The Kier molecular flexibility index (Phi) is 7.26. The Hall–Kier alpha value is -4.45. The first-order valence-corrected chi connectivity index (χ1v) is 12.3. The molecule has 37 heavy (non-hydrogen) atoms. The molecule has 186 valence electrons. The predicted octanol–water partition coefficient (Wildman–Crippen LogP) is 5.31. The number of nitrogens with zero attached hydrogens (tertiary/aromatic N) is 1. The van der Waals surface area contributed by atoms with Crippen molar-refractivity contribution in [3.63, 3.8) is 0 Å². The van der Waals surface area contributed by atoms with Crippen molar-refractivity contribution in [2.75, 3.05) is 13.2 Å². The molecule has 0 radical (unpaired) electrons. The normalized spacial score (nSPS) is 14.5. The van der Waals surface area contributed by atoms with Gasteiger partial charge >= 0.3 is 0 Å². The van der Waals surface area contributed by atoms with E-state index in [-0.39, 0.29) is 30.3 Å². The van der Waals surface area contributed by atoms with E-state index in [1.807, 2.05) is 83.8 Å². The summed E-state index contributed by atoms with van der Waals surface area (Å²) in [7, 11) is 0. The molecule has 0 aromatic heterocycles. The second kappa shape index (κ2) is 11.1. The van der Waals surface area contributed by atoms with Crippen molar-refractivity contribution in [3.8, 4) is 5.75 Å². The van der Waals surface area contributed by atoms with E-state index in [2.05, 4.69) is 5.32 Å². The third kappa shape index (κ3) is 5.70. The molecule has 4 aromatic rings. The van der Waals surface area contributed by atoms with Crippen LogP contribution in [0, 0.1) is 5.82 Å². The van der Waals surface area contributed by atoms with Crippen LogP contribution >= 0.6 is 0 Å². The SMILES string of the molecule is O=C(COc1ccc2c(c1)C(c1ccccc1)N(C(=O)c1ccccc1)CC2)NCc1ccc(F)cc1. The van der Waals surface area contributed by atoms with Gasteiger partial charge in [-0.15, -0.1) is 0 Å². The third-order valence-corrected chi connectivity index (χ3v) is 6.52. The van der Waals surface area contributed by atoms with Gasteiger partial charge in [-0.1, -0.05) is 66.7 Å². The van der Waals surface area contributed by atoms with Gasteiger partial charge in [-0.2, -0.15) is 0 Å². The predicted molar refractivity (Wildman–Crippen MR) is 140 cm³/mol. The van der Waals surface area contributed by atoms with Crippen LogP contribution in [-0.2, 0) is 17.8 Å². The molecule has 6 heteroatoms. The fourth-order valence-electron chi connectivity index (χ4n) is 4.65. The number of halogens is 1. The standard InChI is InChI=1S/C31H27FN2O3/c32-26-14-11-22(12-15-26)20-33-29(35)21-37-27-16-13-23-17-18-34(31(36)25-9-5-2-6-10-25)30(28(23)19-27)24-7-3-1-4-8-24/h1-16,19,30H,17-18,20-21H2,(H,33,35). The molecule has 4 aromatic carbocycles. The van der Waals surface area contributed by atoms with Gasteiger partial charge in [0.15, 0.2) is 6.61 Å². The average Bonchev–Trinajstić information content (AvgIpc) is 2.95. The van der Waals surface area contributed by atoms with Gasteiger partial charge in [0, 0.05) is 18.7 Å². The molecule has 0 saturated carbocycles. The van der Waals surface area contributed by atoms with Gasteiger partial charge in [0.1, 0.15) is 11.6 Å². The summed E-state index contributed by atoms with van der Waals surface area (Å²) in [5.41, 5.74) is 4.61. The van der Waals surface area contributed by atoms with E-state index in [1.165, 1.54) is 12.1 Å². The lowest BCUT2D eigenvalue weighted by molar-refractivity contribution is -0.123. The van der Waals surface area contributed by atoms with Gasteiger partial charge in [-0.3, -0.25) is 9.59 Å². The number of amides is 2. The van der Waals surface area contributed by atoms with Crippen LogP contribution in [0.25, 0.3) is 0 Å². The van der Waals surface area contributed by atoms with E-state index >= 15 is 0 Å². The fraction of sp³-hybridized carbons (Fsp3) is 0.161. The molecule has 0 bridgehead atoms. The minimum Gasteiger partial charge on any atom is -0.484 e. The Morgan fingerprint density at radius 1 is 0.892 bits per heavy atom. The number of hydrogen-bond donors (Lipinski definition) is 1. The Morgan fingerprint density at radius 3 is 2.32 bits per heavy atom. The highest BCUT2D eigenvalue weighted by molar-refractivity contribution is 5.95. The van der Waals surface area contributed by atoms with Crippen molar-refractivity contribution >= 4 is 11.8 Å². The maximum atomic E-state index is 13.5. The Labute approximate surface area is 215 Å². The molecule has 0 aliphatic carbocycles. The first-order chi connectivity index (χ1) is 18.1. The number of fused-ring (bicyclic) bond motifs is 1. The van der Waals surface area contributed by atoms with Crippen molar-refractivity contribution in [2.24, 2.45) is 0 Å². The Bertz CT molecular complexity index is 1370. The highest BCUT2D eigenvalue weighted by Gasteiger charge is 2.32. The minimum absolute atomic E-state index is 0.0217. The highest BCUT2D eigenvalue weighted by atomic mass is 19.1. The van der Waals surface area contributed by atoms with E-state index in [9.17, 15) is 14.0 Å². The van der Waals surface area contributed by atoms with Gasteiger partial charge in [0.05, 0.1) is 6.04 Å². The van der Waals surface area contributed by atoms with Crippen molar-refractivity contribution in [1.29, 1.82) is 0 Å². The van der Waals surface area contributed by atoms with Gasteiger partial charge in [-0.25, -0.2) is 4.39 Å². The highest BCUT2D eigenvalue weighted by Crippen LogP contribution is 2.38. The number of ether oxygens (including phenoxy) is 1. The van der Waals surface area contributed by atoms with Crippen LogP contribution in [0.2, 0.25) is 0 Å². The van der Waals surface area contributed by atoms with Gasteiger partial charge in [-0.05, 0) is 65.1 Å². The molecule has 1 heterocycles. The Morgan fingerprint density at radius 2 is 1.59 bits per heavy atom. The lowest BCUT2D eigenvalue weighted by Gasteiger charge is -2.38. The van der Waals surface area contributed by atoms with Crippen LogP contribution in [-0.4, -0.2) is 29.9 Å². The van der Waals surface area contributed by atoms with Crippen LogP contribution in [0.4, 0.5) is 4.39 Å². The summed E-state index contributed by atoms with van der Waals surface area (Å²) in [5.74, 6) is -0.0524. The number of carbonyl (C=O) groups is 2. The first kappa shape index (κ1) is 24.3. The fourth-order valence-corrected chi connectivity index (χ4v) is 4.65. The summed E-state index contributed by atoms with van der Waals surface area (Å²) in [6.07, 6.45) is 0.732. The second-order valence-corrected chi connectivity index (χ2v) is 8.98. The summed E-state index contributed by atoms with van der Waals surface area (Å²) in [6, 6.07) is 30.8. The molecule has 1 atom stereocenters. The van der Waals surface area contributed by atoms with Crippen molar-refractivity contribution in [3.05, 3.63) is 137 Å². The van der Waals surface area contributed by atoms with Crippen LogP contribution in [0.5, 0.6) is 5.75 Å². The molecule has 5 rings (SSSR count). The first-order valence-electron chi connectivity index (χ1n) is 12.3. The zero-order valence-electron chi connectivity index (χ0n) is 20.3. The summed E-state index contributed by atoms with van der Waals surface area (Å²) < 4.78 is 18.9. The van der Waals surface area contributed by atoms with Crippen LogP contribution in [0.3, 0.4) is 0 Å². The number of hydrogen-bond acceptors (Lipinski definition) is 3. The molecule has 1 unspecified atom stereocenters. The van der Waals surface area contributed by atoms with E-state index < -0.39 is 0 Å². The quantitative estimate of drug-likeness (QED) is 0.379. The molecule has 5 nitrogen and oxygen atoms in total. The lowest BCUT2D eigenvalue weighted by atomic mass is 9.87. The van der Waals surface area contributed by atoms with Crippen molar-refractivity contribution in [1.82, 2.24) is 10.2 Å². The van der Waals surface area contributed by atoms with E-state index in [1.54, 1.807) is 12.1 Å². The van der Waals surface area contributed by atoms with Crippen LogP contribution in [0.1, 0.15) is 38.7 Å². The van der Waals surface area contributed by atoms with Crippen LogP contribution in [0.15, 0.2) is 103 Å². The number of benzene rings is 4. The summed E-state index contributed by atoms with van der Waals surface area (Å²) >= 11 is 0. The Balaban J connectivity index is 1.34. The molecule has 1 aliphatic rings. The monoisotopic (exact) mass is 494 g/mol. The topological polar surface area (TPSA) is 58.6 Å². The smallest absolute Gasteiger partial charge is 0.258 e. The number of rotatable bonds is 7. The largest absolute Gasteiger partial charge is 0.484 e. The molecule has 1 N–H and O–H groups in total. The van der Waals surface area contributed by atoms with Gasteiger partial charge in [0.25, 0.3) is 11.8 Å². The van der Waals surface area contributed by atoms with E-state index in [0.717, 1.165) is 28.7 Å². The molecule has 0 spiro atoms.